The quantitative estimate of drug-likeness (QED) is 0.947. The predicted molar refractivity (Wildman–Crippen MR) is 78.1 cm³/mol. The molecule has 0 saturated carbocycles. The number of ketones is 1. The van der Waals surface area contributed by atoms with Crippen molar-refractivity contribution in [3.63, 3.8) is 0 Å². The molecular weight excluding hydrogens is 285 g/mol. The monoisotopic (exact) mass is 299 g/mol. The van der Waals surface area contributed by atoms with Gasteiger partial charge in [0.15, 0.2) is 11.9 Å². The fraction of sp³-hybridized carbons (Fsp3) is 0.176. The number of Topliss-reactive ketones (excluding diaryl/α,β-unsaturated/α-hetero) is 1. The van der Waals surface area contributed by atoms with Crippen LogP contribution in [0.4, 0.5) is 4.39 Å². The van der Waals surface area contributed by atoms with E-state index in [1.165, 1.54) is 12.1 Å². The van der Waals surface area contributed by atoms with Crippen LogP contribution in [0.15, 0.2) is 48.5 Å². The zero-order valence-electron chi connectivity index (χ0n) is 11.7. The van der Waals surface area contributed by atoms with Gasteiger partial charge in [-0.1, -0.05) is 30.3 Å². The Bertz CT molecular complexity index is 715. The van der Waals surface area contributed by atoms with Crippen molar-refractivity contribution in [3.8, 4) is 5.75 Å². The van der Waals surface area contributed by atoms with Crippen molar-refractivity contribution in [1.29, 1.82) is 0 Å². The second-order valence-electron chi connectivity index (χ2n) is 5.08. The highest BCUT2D eigenvalue weighted by Gasteiger charge is 2.31. The fourth-order valence-corrected chi connectivity index (χ4v) is 2.34. The van der Waals surface area contributed by atoms with Gasteiger partial charge in [-0.05, 0) is 23.8 Å². The molecule has 5 heteroatoms. The van der Waals surface area contributed by atoms with Gasteiger partial charge in [0.05, 0.1) is 12.0 Å². The number of fused-ring (bicyclic) bond motifs is 1. The molecule has 1 atom stereocenters. The van der Waals surface area contributed by atoms with Crippen LogP contribution < -0.4 is 10.1 Å². The van der Waals surface area contributed by atoms with E-state index in [0.717, 1.165) is 11.6 Å². The Labute approximate surface area is 126 Å². The van der Waals surface area contributed by atoms with Crippen LogP contribution in [0.3, 0.4) is 0 Å². The van der Waals surface area contributed by atoms with Crippen molar-refractivity contribution in [2.45, 2.75) is 19.1 Å². The molecule has 1 amide bonds. The van der Waals surface area contributed by atoms with Gasteiger partial charge in [-0.2, -0.15) is 0 Å². The first-order chi connectivity index (χ1) is 10.6. The zero-order valence-corrected chi connectivity index (χ0v) is 11.7. The second-order valence-corrected chi connectivity index (χ2v) is 5.08. The molecule has 0 radical (unpaired) electrons. The molecule has 1 aliphatic heterocycles. The van der Waals surface area contributed by atoms with E-state index in [2.05, 4.69) is 5.32 Å². The first-order valence-corrected chi connectivity index (χ1v) is 6.94. The number of hydrogen-bond donors (Lipinski definition) is 1. The van der Waals surface area contributed by atoms with Gasteiger partial charge in [-0.3, -0.25) is 9.59 Å². The molecule has 3 rings (SSSR count). The van der Waals surface area contributed by atoms with Gasteiger partial charge in [0.1, 0.15) is 11.6 Å². The molecule has 1 aliphatic rings. The Balaban J connectivity index is 1.67. The molecule has 4 nitrogen and oxygen atoms in total. The lowest BCUT2D eigenvalue weighted by molar-refractivity contribution is -0.128. The minimum atomic E-state index is -0.880. The molecule has 1 heterocycles. The maximum atomic E-state index is 13.1. The standard InChI is InChI=1S/C17H14FNO3/c18-12-6-7-15-13(8-12)14(20)9-16(22-15)17(21)19-10-11-4-2-1-3-5-11/h1-8,16H,9-10H2,(H,19,21)/t16-/m1/s1. The maximum absolute atomic E-state index is 13.1. The normalized spacial score (nSPS) is 16.6. The van der Waals surface area contributed by atoms with E-state index in [0.29, 0.717) is 6.54 Å². The first-order valence-electron chi connectivity index (χ1n) is 6.94. The van der Waals surface area contributed by atoms with Crippen LogP contribution in [0.5, 0.6) is 5.75 Å². The summed E-state index contributed by atoms with van der Waals surface area (Å²) >= 11 is 0. The van der Waals surface area contributed by atoms with Gasteiger partial charge in [0.2, 0.25) is 0 Å². The third-order valence-electron chi connectivity index (χ3n) is 3.48. The molecule has 0 aliphatic carbocycles. The van der Waals surface area contributed by atoms with Crippen LogP contribution in [0, 0.1) is 5.82 Å². The molecule has 0 spiro atoms. The van der Waals surface area contributed by atoms with Crippen molar-refractivity contribution < 1.29 is 18.7 Å². The molecule has 0 saturated heterocycles. The highest BCUT2D eigenvalue weighted by atomic mass is 19.1. The topological polar surface area (TPSA) is 55.4 Å². The average molecular weight is 299 g/mol. The second kappa shape index (κ2) is 5.97. The molecule has 1 N–H and O–H groups in total. The Morgan fingerprint density at radius 2 is 2.00 bits per heavy atom. The number of carbonyl (C=O) groups excluding carboxylic acids is 2. The lowest BCUT2D eigenvalue weighted by atomic mass is 10.00. The third kappa shape index (κ3) is 2.98. The molecule has 0 fully saturated rings. The number of carbonyl (C=O) groups is 2. The SMILES string of the molecule is O=C1C[C@H](C(=O)NCc2ccccc2)Oc2ccc(F)cc21. The van der Waals surface area contributed by atoms with Gasteiger partial charge in [-0.15, -0.1) is 0 Å². The highest BCUT2D eigenvalue weighted by molar-refractivity contribution is 6.03. The summed E-state index contributed by atoms with van der Waals surface area (Å²) in [7, 11) is 0. The molecule has 0 aromatic heterocycles. The predicted octanol–water partition coefficient (Wildman–Crippen LogP) is 2.48. The fourth-order valence-electron chi connectivity index (χ4n) is 2.34. The lowest BCUT2D eigenvalue weighted by Gasteiger charge is -2.24. The Hall–Kier alpha value is -2.69. The zero-order chi connectivity index (χ0) is 15.5. The van der Waals surface area contributed by atoms with Crippen molar-refractivity contribution in [2.75, 3.05) is 0 Å². The summed E-state index contributed by atoms with van der Waals surface area (Å²) in [6.07, 6.45) is -0.967. The smallest absolute Gasteiger partial charge is 0.261 e. The minimum Gasteiger partial charge on any atom is -0.479 e. The van der Waals surface area contributed by atoms with Crippen LogP contribution in [0.25, 0.3) is 0 Å². The van der Waals surface area contributed by atoms with Gasteiger partial charge >= 0.3 is 0 Å². The summed E-state index contributed by atoms with van der Waals surface area (Å²) in [5.74, 6) is -0.895. The number of nitrogens with one attached hydrogen (secondary N) is 1. The van der Waals surface area contributed by atoms with E-state index in [1.807, 2.05) is 30.3 Å². The summed E-state index contributed by atoms with van der Waals surface area (Å²) in [6.45, 7) is 0.365. The van der Waals surface area contributed by atoms with E-state index >= 15 is 0 Å². The highest BCUT2D eigenvalue weighted by Crippen LogP contribution is 2.28. The van der Waals surface area contributed by atoms with Crippen molar-refractivity contribution in [3.05, 3.63) is 65.5 Å². The van der Waals surface area contributed by atoms with Crippen LogP contribution in [0.1, 0.15) is 22.3 Å². The number of benzene rings is 2. The number of halogens is 1. The van der Waals surface area contributed by atoms with Crippen LogP contribution in [-0.4, -0.2) is 17.8 Å². The van der Waals surface area contributed by atoms with Gasteiger partial charge in [-0.25, -0.2) is 4.39 Å². The van der Waals surface area contributed by atoms with E-state index in [4.69, 9.17) is 4.74 Å². The third-order valence-corrected chi connectivity index (χ3v) is 3.48. The number of rotatable bonds is 3. The lowest BCUT2D eigenvalue weighted by Crippen LogP contribution is -2.41. The molecule has 2 aromatic carbocycles. The Morgan fingerprint density at radius 1 is 1.23 bits per heavy atom. The maximum Gasteiger partial charge on any atom is 0.261 e. The van der Waals surface area contributed by atoms with E-state index in [-0.39, 0.29) is 29.4 Å². The summed E-state index contributed by atoms with van der Waals surface area (Å²) in [6, 6.07) is 13.2. The molecular formula is C17H14FNO3. The number of hydrogen-bond acceptors (Lipinski definition) is 3. The minimum absolute atomic E-state index is 0.0862. The summed E-state index contributed by atoms with van der Waals surface area (Å²) in [5.41, 5.74) is 1.15. The van der Waals surface area contributed by atoms with Crippen molar-refractivity contribution in [1.82, 2.24) is 5.32 Å². The molecule has 112 valence electrons. The first kappa shape index (κ1) is 14.3. The van der Waals surface area contributed by atoms with Gasteiger partial charge in [0.25, 0.3) is 5.91 Å². The van der Waals surface area contributed by atoms with Crippen LogP contribution in [0.2, 0.25) is 0 Å². The van der Waals surface area contributed by atoms with Crippen LogP contribution >= 0.6 is 0 Å². The molecule has 2 aromatic rings. The van der Waals surface area contributed by atoms with Gasteiger partial charge < -0.3 is 10.1 Å². The van der Waals surface area contributed by atoms with Crippen LogP contribution in [-0.2, 0) is 11.3 Å². The summed E-state index contributed by atoms with van der Waals surface area (Å²) < 4.78 is 18.7. The van der Waals surface area contributed by atoms with Crippen molar-refractivity contribution >= 4 is 11.7 Å². The molecule has 0 unspecified atom stereocenters. The number of ether oxygens (including phenoxy) is 1. The van der Waals surface area contributed by atoms with E-state index in [1.54, 1.807) is 0 Å². The largest absolute Gasteiger partial charge is 0.479 e. The van der Waals surface area contributed by atoms with E-state index < -0.39 is 11.9 Å². The summed E-state index contributed by atoms with van der Waals surface area (Å²) in [5, 5.41) is 2.74. The Morgan fingerprint density at radius 3 is 2.77 bits per heavy atom. The van der Waals surface area contributed by atoms with Gasteiger partial charge in [0, 0.05) is 6.54 Å². The van der Waals surface area contributed by atoms with E-state index in [9.17, 15) is 14.0 Å². The summed E-state index contributed by atoms with van der Waals surface area (Å²) in [4.78, 5) is 24.1. The average Bonchev–Trinajstić information content (AvgIpc) is 2.54. The molecule has 22 heavy (non-hydrogen) atoms. The van der Waals surface area contributed by atoms with Crippen molar-refractivity contribution in [2.24, 2.45) is 0 Å². The Kier molecular flexibility index (Phi) is 3.87. The number of amides is 1. The molecule has 0 bridgehead atoms.